The Kier molecular flexibility index (Phi) is 4.43. The highest BCUT2D eigenvalue weighted by Crippen LogP contribution is 2.10. The molecule has 0 aliphatic carbocycles. The van der Waals surface area contributed by atoms with Crippen LogP contribution in [0.2, 0.25) is 0 Å². The van der Waals surface area contributed by atoms with Gasteiger partial charge in [-0.25, -0.2) is 11.7 Å². The zero-order valence-corrected chi connectivity index (χ0v) is 8.69. The first-order valence-corrected chi connectivity index (χ1v) is 4.77. The molecule has 0 aliphatic rings. The van der Waals surface area contributed by atoms with Crippen LogP contribution in [0, 0.1) is 0 Å². The van der Waals surface area contributed by atoms with Crippen LogP contribution in [0.15, 0.2) is 24.3 Å². The van der Waals surface area contributed by atoms with Crippen molar-refractivity contribution in [3.05, 3.63) is 35.4 Å². The number of benzene rings is 1. The highest BCUT2D eigenvalue weighted by molar-refractivity contribution is 5.95. The summed E-state index contributed by atoms with van der Waals surface area (Å²) >= 11 is 0. The zero-order valence-electron chi connectivity index (χ0n) is 8.69. The number of carbonyl (C=O) groups is 2. The van der Waals surface area contributed by atoms with Crippen molar-refractivity contribution >= 4 is 11.8 Å². The number of aryl methyl sites for hydroxylation is 1. The second kappa shape index (κ2) is 5.84. The van der Waals surface area contributed by atoms with E-state index in [1.54, 1.807) is 24.3 Å². The SMILES string of the molecule is NNC(=O)CCc1ccccc1C(=O)NN. The molecule has 0 spiro atoms. The van der Waals surface area contributed by atoms with Crippen LogP contribution in [0.25, 0.3) is 0 Å². The molecular formula is C10H14N4O2. The molecular weight excluding hydrogens is 208 g/mol. The molecule has 6 nitrogen and oxygen atoms in total. The fourth-order valence-electron chi connectivity index (χ4n) is 1.36. The van der Waals surface area contributed by atoms with Crippen molar-refractivity contribution in [1.82, 2.24) is 10.9 Å². The molecule has 16 heavy (non-hydrogen) atoms. The van der Waals surface area contributed by atoms with Gasteiger partial charge >= 0.3 is 0 Å². The Hall–Kier alpha value is -1.92. The quantitative estimate of drug-likeness (QED) is 0.304. The summed E-state index contributed by atoms with van der Waals surface area (Å²) in [5.41, 5.74) is 5.32. The van der Waals surface area contributed by atoms with Gasteiger partial charge in [0.25, 0.3) is 5.91 Å². The number of nitrogens with two attached hydrogens (primary N) is 2. The molecule has 0 aliphatic heterocycles. The van der Waals surface area contributed by atoms with Crippen LogP contribution >= 0.6 is 0 Å². The van der Waals surface area contributed by atoms with E-state index in [9.17, 15) is 9.59 Å². The van der Waals surface area contributed by atoms with Gasteiger partial charge in [0, 0.05) is 12.0 Å². The number of nitrogen functional groups attached to an aromatic ring is 1. The fraction of sp³-hybridized carbons (Fsp3) is 0.200. The van der Waals surface area contributed by atoms with Crippen LogP contribution in [-0.4, -0.2) is 11.8 Å². The van der Waals surface area contributed by atoms with E-state index < -0.39 is 0 Å². The molecule has 1 aromatic carbocycles. The number of amides is 2. The van der Waals surface area contributed by atoms with E-state index in [4.69, 9.17) is 11.7 Å². The molecule has 0 saturated heterocycles. The van der Waals surface area contributed by atoms with Crippen molar-refractivity contribution in [2.75, 3.05) is 0 Å². The number of rotatable bonds is 4. The molecule has 0 fully saturated rings. The van der Waals surface area contributed by atoms with Crippen molar-refractivity contribution in [3.8, 4) is 0 Å². The van der Waals surface area contributed by atoms with Gasteiger partial charge in [-0.2, -0.15) is 0 Å². The van der Waals surface area contributed by atoms with Crippen molar-refractivity contribution in [2.45, 2.75) is 12.8 Å². The summed E-state index contributed by atoms with van der Waals surface area (Å²) < 4.78 is 0. The molecule has 86 valence electrons. The molecule has 0 atom stereocenters. The van der Waals surface area contributed by atoms with Crippen LogP contribution in [0.4, 0.5) is 0 Å². The highest BCUT2D eigenvalue weighted by atomic mass is 16.2. The minimum atomic E-state index is -0.372. The van der Waals surface area contributed by atoms with Crippen LogP contribution < -0.4 is 22.5 Å². The van der Waals surface area contributed by atoms with E-state index in [1.165, 1.54) is 0 Å². The van der Waals surface area contributed by atoms with Gasteiger partial charge < -0.3 is 0 Å². The fourth-order valence-corrected chi connectivity index (χ4v) is 1.36. The van der Waals surface area contributed by atoms with Crippen LogP contribution in [0.3, 0.4) is 0 Å². The Morgan fingerprint density at radius 2 is 1.81 bits per heavy atom. The molecule has 0 saturated carbocycles. The van der Waals surface area contributed by atoms with Gasteiger partial charge in [0.15, 0.2) is 0 Å². The Balaban J connectivity index is 2.79. The van der Waals surface area contributed by atoms with Crippen LogP contribution in [-0.2, 0) is 11.2 Å². The number of hydrogen-bond donors (Lipinski definition) is 4. The minimum Gasteiger partial charge on any atom is -0.294 e. The summed E-state index contributed by atoms with van der Waals surface area (Å²) in [6, 6.07) is 6.95. The summed E-state index contributed by atoms with van der Waals surface area (Å²) in [5, 5.41) is 0. The van der Waals surface area contributed by atoms with Gasteiger partial charge in [-0.3, -0.25) is 20.4 Å². The van der Waals surface area contributed by atoms with E-state index in [0.29, 0.717) is 12.0 Å². The lowest BCUT2D eigenvalue weighted by molar-refractivity contribution is -0.121. The maximum absolute atomic E-state index is 11.4. The number of nitrogens with one attached hydrogen (secondary N) is 2. The van der Waals surface area contributed by atoms with Crippen LogP contribution in [0.5, 0.6) is 0 Å². The van der Waals surface area contributed by atoms with E-state index in [0.717, 1.165) is 5.56 Å². The largest absolute Gasteiger partial charge is 0.294 e. The minimum absolute atomic E-state index is 0.228. The lowest BCUT2D eigenvalue weighted by Gasteiger charge is -2.07. The van der Waals surface area contributed by atoms with E-state index in [-0.39, 0.29) is 18.2 Å². The number of carbonyl (C=O) groups excluding carboxylic acids is 2. The Morgan fingerprint density at radius 3 is 2.44 bits per heavy atom. The van der Waals surface area contributed by atoms with Crippen molar-refractivity contribution < 1.29 is 9.59 Å². The first-order chi connectivity index (χ1) is 7.69. The first kappa shape index (κ1) is 12.2. The average Bonchev–Trinajstić information content (AvgIpc) is 2.35. The number of hydrogen-bond acceptors (Lipinski definition) is 4. The highest BCUT2D eigenvalue weighted by Gasteiger charge is 2.10. The molecule has 0 unspecified atom stereocenters. The van der Waals surface area contributed by atoms with Gasteiger partial charge in [-0.05, 0) is 18.1 Å². The van der Waals surface area contributed by atoms with Gasteiger partial charge in [-0.1, -0.05) is 18.2 Å². The molecule has 6 N–H and O–H groups in total. The van der Waals surface area contributed by atoms with Gasteiger partial charge in [0.05, 0.1) is 0 Å². The lowest BCUT2D eigenvalue weighted by Crippen LogP contribution is -2.32. The monoisotopic (exact) mass is 222 g/mol. The Morgan fingerprint density at radius 1 is 1.12 bits per heavy atom. The molecule has 1 rings (SSSR count). The lowest BCUT2D eigenvalue weighted by atomic mass is 10.0. The number of hydrazine groups is 2. The van der Waals surface area contributed by atoms with E-state index in [1.807, 2.05) is 5.43 Å². The summed E-state index contributed by atoms with van der Waals surface area (Å²) in [6.07, 6.45) is 0.665. The predicted octanol–water partition coefficient (Wildman–Crippen LogP) is -0.787. The maximum Gasteiger partial charge on any atom is 0.265 e. The predicted molar refractivity (Wildman–Crippen MR) is 58.7 cm³/mol. The standard InChI is InChI=1S/C10H14N4O2/c11-13-9(15)6-5-7-3-1-2-4-8(7)10(16)14-12/h1-4H,5-6,11-12H2,(H,13,15)(H,14,16). The van der Waals surface area contributed by atoms with Crippen LogP contribution in [0.1, 0.15) is 22.3 Å². The molecule has 0 radical (unpaired) electrons. The van der Waals surface area contributed by atoms with Crippen molar-refractivity contribution in [2.24, 2.45) is 11.7 Å². The molecule has 1 aromatic rings. The normalized spacial score (nSPS) is 9.62. The van der Waals surface area contributed by atoms with Crippen molar-refractivity contribution in [3.63, 3.8) is 0 Å². The Labute approximate surface area is 92.9 Å². The second-order valence-electron chi connectivity index (χ2n) is 3.20. The summed E-state index contributed by atoms with van der Waals surface area (Å²) in [7, 11) is 0. The average molecular weight is 222 g/mol. The topological polar surface area (TPSA) is 110 Å². The van der Waals surface area contributed by atoms with Gasteiger partial charge in [0.1, 0.15) is 0 Å². The van der Waals surface area contributed by atoms with E-state index >= 15 is 0 Å². The Bertz CT molecular complexity index is 392. The zero-order chi connectivity index (χ0) is 12.0. The molecule has 0 bridgehead atoms. The summed E-state index contributed by atoms with van der Waals surface area (Å²) in [6.45, 7) is 0. The van der Waals surface area contributed by atoms with Gasteiger partial charge in [-0.15, -0.1) is 0 Å². The first-order valence-electron chi connectivity index (χ1n) is 4.77. The van der Waals surface area contributed by atoms with Crippen molar-refractivity contribution in [1.29, 1.82) is 0 Å². The summed E-state index contributed by atoms with van der Waals surface area (Å²) in [4.78, 5) is 22.4. The maximum atomic E-state index is 11.4. The van der Waals surface area contributed by atoms with E-state index in [2.05, 4.69) is 5.43 Å². The second-order valence-corrected chi connectivity index (χ2v) is 3.20. The molecule has 0 heterocycles. The molecule has 0 aromatic heterocycles. The smallest absolute Gasteiger partial charge is 0.265 e. The third-order valence-corrected chi connectivity index (χ3v) is 2.18. The third kappa shape index (κ3) is 3.04. The van der Waals surface area contributed by atoms with Gasteiger partial charge in [0.2, 0.25) is 5.91 Å². The summed E-state index contributed by atoms with van der Waals surface area (Å²) in [5.74, 6) is 9.37. The molecule has 6 heteroatoms. The molecule has 2 amide bonds. The third-order valence-electron chi connectivity index (χ3n) is 2.18.